The molecule has 0 aliphatic heterocycles. The molecule has 3 aromatic carbocycles. The Morgan fingerprint density at radius 1 is 1.00 bits per heavy atom. The van der Waals surface area contributed by atoms with Gasteiger partial charge in [0.15, 0.2) is 0 Å². The summed E-state index contributed by atoms with van der Waals surface area (Å²) in [5.74, 6) is 1.39. The maximum Gasteiger partial charge on any atom is 0.225 e. The van der Waals surface area contributed by atoms with Gasteiger partial charge in [0.05, 0.1) is 30.6 Å². The van der Waals surface area contributed by atoms with Gasteiger partial charge in [0, 0.05) is 5.56 Å². The zero-order valence-corrected chi connectivity index (χ0v) is 16.3. The number of rotatable bonds is 7. The number of aromatic nitrogens is 2. The van der Waals surface area contributed by atoms with E-state index in [1.165, 1.54) is 0 Å². The Morgan fingerprint density at radius 3 is 2.52 bits per heavy atom. The number of nitrogens with one attached hydrogen (secondary N) is 2. The van der Waals surface area contributed by atoms with Crippen LogP contribution in [-0.4, -0.2) is 23.0 Å². The van der Waals surface area contributed by atoms with Crippen LogP contribution < -0.4 is 10.1 Å². The molecule has 0 fully saturated rings. The smallest absolute Gasteiger partial charge is 0.225 e. The van der Waals surface area contributed by atoms with Crippen LogP contribution in [0.1, 0.15) is 23.0 Å². The monoisotopic (exact) mass is 385 g/mol. The van der Waals surface area contributed by atoms with Crippen LogP contribution in [0.3, 0.4) is 0 Å². The molecule has 0 bridgehead atoms. The minimum absolute atomic E-state index is 0.0733. The second-order valence-corrected chi connectivity index (χ2v) is 6.94. The number of amides is 1. The van der Waals surface area contributed by atoms with Crippen molar-refractivity contribution >= 4 is 16.9 Å². The van der Waals surface area contributed by atoms with E-state index in [1.807, 2.05) is 66.7 Å². The zero-order chi connectivity index (χ0) is 20.1. The Labute approximate surface area is 169 Å². The van der Waals surface area contributed by atoms with Gasteiger partial charge in [-0.3, -0.25) is 4.79 Å². The molecular formula is C24H23N3O2. The second-order valence-electron chi connectivity index (χ2n) is 6.94. The highest BCUT2D eigenvalue weighted by molar-refractivity contribution is 5.80. The summed E-state index contributed by atoms with van der Waals surface area (Å²) < 4.78 is 5.37. The van der Waals surface area contributed by atoms with Crippen LogP contribution in [0.25, 0.3) is 11.0 Å². The van der Waals surface area contributed by atoms with E-state index in [0.717, 1.165) is 28.0 Å². The Morgan fingerprint density at radius 2 is 1.72 bits per heavy atom. The van der Waals surface area contributed by atoms with Crippen molar-refractivity contribution < 1.29 is 9.53 Å². The maximum atomic E-state index is 12.9. The first kappa shape index (κ1) is 18.7. The van der Waals surface area contributed by atoms with E-state index in [2.05, 4.69) is 22.4 Å². The third-order valence-electron chi connectivity index (χ3n) is 4.90. The van der Waals surface area contributed by atoms with E-state index in [9.17, 15) is 4.79 Å². The molecule has 2 N–H and O–H groups in total. The molecule has 1 atom stereocenters. The summed E-state index contributed by atoms with van der Waals surface area (Å²) >= 11 is 0. The third kappa shape index (κ3) is 4.46. The van der Waals surface area contributed by atoms with E-state index in [1.54, 1.807) is 7.11 Å². The van der Waals surface area contributed by atoms with E-state index in [-0.39, 0.29) is 18.4 Å². The third-order valence-corrected chi connectivity index (χ3v) is 4.90. The summed E-state index contributed by atoms with van der Waals surface area (Å²) in [4.78, 5) is 20.9. The van der Waals surface area contributed by atoms with Crippen molar-refractivity contribution in [2.75, 3.05) is 7.11 Å². The number of hydrogen-bond acceptors (Lipinski definition) is 3. The lowest BCUT2D eigenvalue weighted by atomic mass is 10.0. The number of benzene rings is 3. The van der Waals surface area contributed by atoms with Crippen molar-refractivity contribution in [3.63, 3.8) is 0 Å². The van der Waals surface area contributed by atoms with Crippen LogP contribution >= 0.6 is 0 Å². The van der Waals surface area contributed by atoms with Crippen LogP contribution in [0.4, 0.5) is 0 Å². The number of aromatic amines is 1. The fourth-order valence-electron chi connectivity index (χ4n) is 3.47. The first-order chi connectivity index (χ1) is 14.2. The molecule has 4 aromatic rings. The van der Waals surface area contributed by atoms with Gasteiger partial charge in [0.2, 0.25) is 5.91 Å². The lowest BCUT2D eigenvalue weighted by Crippen LogP contribution is -2.32. The normalized spacial score (nSPS) is 11.9. The van der Waals surface area contributed by atoms with Crippen LogP contribution in [0.15, 0.2) is 78.9 Å². The van der Waals surface area contributed by atoms with Crippen molar-refractivity contribution in [1.82, 2.24) is 15.3 Å². The zero-order valence-electron chi connectivity index (χ0n) is 16.3. The van der Waals surface area contributed by atoms with Gasteiger partial charge in [-0.05, 0) is 30.2 Å². The molecule has 1 aromatic heterocycles. The average Bonchev–Trinajstić information content (AvgIpc) is 3.19. The van der Waals surface area contributed by atoms with Crippen LogP contribution in [0.5, 0.6) is 5.75 Å². The molecule has 0 saturated heterocycles. The van der Waals surface area contributed by atoms with Crippen LogP contribution in [-0.2, 0) is 17.6 Å². The summed E-state index contributed by atoms with van der Waals surface area (Å²) in [6, 6.07) is 25.3. The Bertz CT molecular complexity index is 1070. The summed E-state index contributed by atoms with van der Waals surface area (Å²) in [5, 5.41) is 3.15. The Balaban J connectivity index is 1.58. The molecule has 146 valence electrons. The van der Waals surface area contributed by atoms with E-state index in [4.69, 9.17) is 9.72 Å². The van der Waals surface area contributed by atoms with Gasteiger partial charge in [-0.2, -0.15) is 0 Å². The van der Waals surface area contributed by atoms with E-state index in [0.29, 0.717) is 12.2 Å². The Hall–Kier alpha value is -3.60. The van der Waals surface area contributed by atoms with E-state index < -0.39 is 0 Å². The molecule has 0 spiro atoms. The maximum absolute atomic E-state index is 12.9. The van der Waals surface area contributed by atoms with Crippen molar-refractivity contribution in [3.05, 3.63) is 95.8 Å². The molecule has 0 aliphatic carbocycles. The number of hydrogen-bond donors (Lipinski definition) is 2. The molecule has 5 nitrogen and oxygen atoms in total. The molecule has 4 rings (SSSR count). The highest BCUT2D eigenvalue weighted by atomic mass is 16.5. The van der Waals surface area contributed by atoms with Gasteiger partial charge in [0.25, 0.3) is 0 Å². The molecule has 0 saturated carbocycles. The highest BCUT2D eigenvalue weighted by Gasteiger charge is 2.20. The first-order valence-corrected chi connectivity index (χ1v) is 9.63. The number of para-hydroxylation sites is 3. The van der Waals surface area contributed by atoms with Crippen LogP contribution in [0, 0.1) is 0 Å². The quantitative estimate of drug-likeness (QED) is 0.501. The lowest BCUT2D eigenvalue weighted by Gasteiger charge is -2.17. The predicted octanol–water partition coefficient (Wildman–Crippen LogP) is 4.21. The molecule has 1 heterocycles. The van der Waals surface area contributed by atoms with E-state index >= 15 is 0 Å². The van der Waals surface area contributed by atoms with Crippen molar-refractivity contribution in [1.29, 1.82) is 0 Å². The minimum atomic E-state index is -0.257. The number of carbonyl (C=O) groups excluding carboxylic acids is 1. The van der Waals surface area contributed by atoms with Crippen LogP contribution in [0.2, 0.25) is 0 Å². The largest absolute Gasteiger partial charge is 0.496 e. The standard InChI is InChI=1S/C24H23N3O2/c1-29-22-14-8-5-11-18(22)16-23(28)25-21(15-17-9-3-2-4-10-17)24-26-19-12-6-7-13-20(19)27-24/h2-14,21H,15-16H2,1H3,(H,25,28)(H,26,27). The summed E-state index contributed by atoms with van der Waals surface area (Å²) in [5.41, 5.74) is 3.84. The van der Waals surface area contributed by atoms with Crippen molar-refractivity contribution in [2.24, 2.45) is 0 Å². The fourth-order valence-corrected chi connectivity index (χ4v) is 3.47. The van der Waals surface area contributed by atoms with Gasteiger partial charge in [-0.25, -0.2) is 4.98 Å². The topological polar surface area (TPSA) is 67.0 Å². The molecule has 1 amide bonds. The molecule has 29 heavy (non-hydrogen) atoms. The Kier molecular flexibility index (Phi) is 5.56. The second kappa shape index (κ2) is 8.61. The summed E-state index contributed by atoms with van der Waals surface area (Å²) in [6.45, 7) is 0. The van der Waals surface area contributed by atoms with Crippen molar-refractivity contribution in [2.45, 2.75) is 18.9 Å². The molecular weight excluding hydrogens is 362 g/mol. The molecule has 0 radical (unpaired) electrons. The number of nitrogens with zero attached hydrogens (tertiary/aromatic N) is 1. The fraction of sp³-hybridized carbons (Fsp3) is 0.167. The number of methoxy groups -OCH3 is 1. The molecule has 0 aliphatic rings. The molecule has 1 unspecified atom stereocenters. The predicted molar refractivity (Wildman–Crippen MR) is 114 cm³/mol. The average molecular weight is 385 g/mol. The lowest BCUT2D eigenvalue weighted by molar-refractivity contribution is -0.121. The SMILES string of the molecule is COc1ccccc1CC(=O)NC(Cc1ccccc1)c1nc2ccccc2[nH]1. The number of ether oxygens (including phenoxy) is 1. The highest BCUT2D eigenvalue weighted by Crippen LogP contribution is 2.21. The summed E-state index contributed by atoms with van der Waals surface area (Å²) in [7, 11) is 1.61. The van der Waals surface area contributed by atoms with Crippen molar-refractivity contribution in [3.8, 4) is 5.75 Å². The number of H-pyrrole nitrogens is 1. The minimum Gasteiger partial charge on any atom is -0.496 e. The van der Waals surface area contributed by atoms with Gasteiger partial charge in [0.1, 0.15) is 11.6 Å². The number of carbonyl (C=O) groups is 1. The summed E-state index contributed by atoms with van der Waals surface area (Å²) in [6.07, 6.45) is 0.897. The number of imidazole rings is 1. The van der Waals surface area contributed by atoms with Gasteiger partial charge >= 0.3 is 0 Å². The van der Waals surface area contributed by atoms with Gasteiger partial charge < -0.3 is 15.0 Å². The number of fused-ring (bicyclic) bond motifs is 1. The molecule has 5 heteroatoms. The first-order valence-electron chi connectivity index (χ1n) is 9.63. The van der Waals surface area contributed by atoms with Gasteiger partial charge in [-0.15, -0.1) is 0 Å². The van der Waals surface area contributed by atoms with Gasteiger partial charge in [-0.1, -0.05) is 60.7 Å².